The summed E-state index contributed by atoms with van der Waals surface area (Å²) in [6.45, 7) is 1.63. The average molecular weight is 178 g/mol. The first-order chi connectivity index (χ1) is 3.48. The third kappa shape index (κ3) is 6.16. The fraction of sp³-hybridized carbons (Fsp3) is 1.00. The van der Waals surface area contributed by atoms with E-state index in [0.717, 1.165) is 0 Å². The molecule has 0 aromatic heterocycles. The molecule has 0 bridgehead atoms. The zero-order valence-electron chi connectivity index (χ0n) is 5.61. The van der Waals surface area contributed by atoms with E-state index in [0.29, 0.717) is 6.42 Å². The van der Waals surface area contributed by atoms with E-state index >= 15 is 0 Å². The summed E-state index contributed by atoms with van der Waals surface area (Å²) >= 11 is 0. The first-order valence-electron chi connectivity index (χ1n) is 2.29. The molecule has 4 N–H and O–H groups in total. The van der Waals surface area contributed by atoms with Gasteiger partial charge in [-0.2, -0.15) is 0 Å². The van der Waals surface area contributed by atoms with E-state index in [4.69, 9.17) is 15.5 Å². The summed E-state index contributed by atoms with van der Waals surface area (Å²) in [4.78, 5) is 16.5. The Morgan fingerprint density at radius 1 is 1.67 bits per heavy atom. The molecule has 0 aliphatic heterocycles. The van der Waals surface area contributed by atoms with Gasteiger partial charge in [0, 0.05) is 51.4 Å². The Balaban J connectivity index is 0. The minimum Gasteiger partial charge on any atom is -0.323 e. The fourth-order valence-corrected chi connectivity index (χ4v) is 0.714. The van der Waals surface area contributed by atoms with Crippen LogP contribution in [0, 0.1) is 0 Å². The van der Waals surface area contributed by atoms with Gasteiger partial charge in [-0.05, 0) is 6.42 Å². The Morgan fingerprint density at radius 2 is 2.00 bits per heavy atom. The van der Waals surface area contributed by atoms with E-state index in [1.165, 1.54) is 0 Å². The van der Waals surface area contributed by atoms with E-state index in [-0.39, 0.29) is 51.4 Å². The summed E-state index contributed by atoms with van der Waals surface area (Å²) in [6, 6.07) is 0. The molecule has 0 aliphatic rings. The van der Waals surface area contributed by atoms with Crippen molar-refractivity contribution >= 4 is 59.0 Å². The predicted molar refractivity (Wildman–Crippen MR) is 36.1 cm³/mol. The van der Waals surface area contributed by atoms with Crippen LogP contribution < -0.4 is 5.73 Å². The van der Waals surface area contributed by atoms with Crippen molar-refractivity contribution in [2.75, 3.05) is 0 Å². The molecule has 0 amide bonds. The van der Waals surface area contributed by atoms with E-state index in [1.54, 1.807) is 6.92 Å². The molecule has 0 aromatic carbocycles. The van der Waals surface area contributed by atoms with Gasteiger partial charge in [-0.1, -0.05) is 6.92 Å². The zero-order chi connectivity index (χ0) is 6.78. The molecule has 9 heavy (non-hydrogen) atoms. The van der Waals surface area contributed by atoms with Crippen LogP contribution in [-0.4, -0.2) is 67.0 Å². The minimum absolute atomic E-state index is 0. The average Bonchev–Trinajstić information content (AvgIpc) is 1.62. The Kier molecular flexibility index (Phi) is 8.01. The maximum Gasteiger partial charge on any atom is 0.342 e. The SMILES string of the molecule is CCC(N)P(=O)(O)O.[K]. The topological polar surface area (TPSA) is 83.6 Å². The molecule has 1 unspecified atom stereocenters. The molecule has 1 atom stereocenters. The maximum absolute atomic E-state index is 10.1. The Hall–Kier alpha value is 1.75. The number of rotatable bonds is 2. The minimum atomic E-state index is -3.98. The van der Waals surface area contributed by atoms with Crippen LogP contribution in [0.3, 0.4) is 0 Å². The Labute approximate surface area is 96.8 Å². The van der Waals surface area contributed by atoms with Crippen LogP contribution in [0.5, 0.6) is 0 Å². The van der Waals surface area contributed by atoms with Gasteiger partial charge in [0.25, 0.3) is 0 Å². The van der Waals surface area contributed by atoms with Crippen molar-refractivity contribution in [1.82, 2.24) is 0 Å². The van der Waals surface area contributed by atoms with Crippen molar-refractivity contribution < 1.29 is 14.4 Å². The summed E-state index contributed by atoms with van der Waals surface area (Å²) in [5.74, 6) is -0.984. The van der Waals surface area contributed by atoms with Crippen molar-refractivity contribution in [2.24, 2.45) is 5.73 Å². The Bertz CT molecular complexity index is 114. The first kappa shape index (κ1) is 13.3. The summed E-state index contributed by atoms with van der Waals surface area (Å²) in [5, 5.41) is 0. The summed E-state index contributed by atoms with van der Waals surface area (Å²) in [7, 11) is -3.98. The molecular formula is C3H10KNO3P. The van der Waals surface area contributed by atoms with Crippen LogP contribution in [0.1, 0.15) is 13.3 Å². The molecule has 0 fully saturated rings. The number of hydrogen-bond donors (Lipinski definition) is 3. The third-order valence-corrected chi connectivity index (χ3v) is 2.08. The van der Waals surface area contributed by atoms with Gasteiger partial charge in [0.2, 0.25) is 0 Å². The smallest absolute Gasteiger partial charge is 0.323 e. The van der Waals surface area contributed by atoms with Crippen molar-refractivity contribution in [2.45, 2.75) is 19.1 Å². The van der Waals surface area contributed by atoms with Crippen LogP contribution in [0.2, 0.25) is 0 Å². The second-order valence-electron chi connectivity index (χ2n) is 1.56. The normalized spacial score (nSPS) is 14.2. The maximum atomic E-state index is 10.1. The molecule has 4 nitrogen and oxygen atoms in total. The van der Waals surface area contributed by atoms with Gasteiger partial charge >= 0.3 is 7.60 Å². The predicted octanol–water partition coefficient (Wildman–Crippen LogP) is -0.522. The summed E-state index contributed by atoms with van der Waals surface area (Å²) in [5.41, 5.74) is 4.99. The van der Waals surface area contributed by atoms with Gasteiger partial charge in [-0.25, -0.2) is 0 Å². The largest absolute Gasteiger partial charge is 0.342 e. The second kappa shape index (κ2) is 5.40. The van der Waals surface area contributed by atoms with Crippen molar-refractivity contribution in [1.29, 1.82) is 0 Å². The van der Waals surface area contributed by atoms with Crippen LogP contribution in [0.25, 0.3) is 0 Å². The zero-order valence-corrected chi connectivity index (χ0v) is 9.63. The van der Waals surface area contributed by atoms with Crippen LogP contribution in [-0.2, 0) is 4.57 Å². The molecule has 6 heteroatoms. The number of nitrogens with two attached hydrogens (primary N) is 1. The van der Waals surface area contributed by atoms with E-state index < -0.39 is 13.4 Å². The monoisotopic (exact) mass is 178 g/mol. The van der Waals surface area contributed by atoms with Crippen LogP contribution in [0.4, 0.5) is 0 Å². The van der Waals surface area contributed by atoms with Gasteiger partial charge in [0.1, 0.15) is 5.78 Å². The van der Waals surface area contributed by atoms with E-state index in [9.17, 15) is 4.57 Å². The molecule has 1 radical (unpaired) electrons. The van der Waals surface area contributed by atoms with Crippen molar-refractivity contribution in [3.8, 4) is 0 Å². The molecule has 0 aliphatic carbocycles. The fourth-order valence-electron chi connectivity index (χ4n) is 0.238. The second-order valence-corrected chi connectivity index (χ2v) is 3.41. The molecule has 0 saturated carbocycles. The van der Waals surface area contributed by atoms with Crippen molar-refractivity contribution in [3.05, 3.63) is 0 Å². The molecule has 0 rings (SSSR count). The molecule has 0 spiro atoms. The molecule has 0 saturated heterocycles. The van der Waals surface area contributed by atoms with E-state index in [2.05, 4.69) is 0 Å². The summed E-state index contributed by atoms with van der Waals surface area (Å²) in [6.07, 6.45) is 0.310. The first-order valence-corrected chi connectivity index (χ1v) is 3.97. The molecule has 51 valence electrons. The van der Waals surface area contributed by atoms with Gasteiger partial charge in [0.15, 0.2) is 0 Å². The number of hydrogen-bond acceptors (Lipinski definition) is 2. The van der Waals surface area contributed by atoms with Crippen molar-refractivity contribution in [3.63, 3.8) is 0 Å². The van der Waals surface area contributed by atoms with Gasteiger partial charge in [-0.3, -0.25) is 4.57 Å². The third-order valence-electron chi connectivity index (χ3n) is 0.850. The van der Waals surface area contributed by atoms with Gasteiger partial charge in [0.05, 0.1) is 0 Å². The quantitative estimate of drug-likeness (QED) is 0.392. The Morgan fingerprint density at radius 3 is 2.00 bits per heavy atom. The van der Waals surface area contributed by atoms with Gasteiger partial charge in [-0.15, -0.1) is 0 Å². The van der Waals surface area contributed by atoms with Gasteiger partial charge < -0.3 is 15.5 Å². The standard InChI is InChI=1S/C3H10NO3P.K/c1-2-3(4)8(5,6)7;/h3H,2,4H2,1H3,(H2,5,6,7);. The molecule has 0 heterocycles. The van der Waals surface area contributed by atoms with Crippen LogP contribution in [0.15, 0.2) is 0 Å². The molecule has 0 aromatic rings. The van der Waals surface area contributed by atoms with Crippen LogP contribution >= 0.6 is 7.60 Å². The van der Waals surface area contributed by atoms with E-state index in [1.807, 2.05) is 0 Å². The summed E-state index contributed by atoms with van der Waals surface area (Å²) < 4.78 is 10.1. The molecular weight excluding hydrogens is 168 g/mol.